The standard InChI is InChI=1S/C23H25N3O5S/c27-22(24-19-3-1-4-20(17-19)26-12-2-5-23(26)28)11-8-18-6-9-21(10-7-18)32(29,30)25-13-15-31-16-14-25/h1,3-4,6-11,17H,2,5,12-16H2,(H,24,27)/b11-8+. The summed E-state index contributed by atoms with van der Waals surface area (Å²) in [5, 5.41) is 2.79. The molecule has 0 saturated carbocycles. The van der Waals surface area contributed by atoms with Crippen molar-refractivity contribution in [2.24, 2.45) is 0 Å². The highest BCUT2D eigenvalue weighted by atomic mass is 32.2. The number of nitrogens with zero attached hydrogens (tertiary/aromatic N) is 2. The summed E-state index contributed by atoms with van der Waals surface area (Å²) in [6.07, 6.45) is 4.39. The highest BCUT2D eigenvalue weighted by molar-refractivity contribution is 7.89. The average molecular weight is 456 g/mol. The molecule has 1 N–H and O–H groups in total. The molecule has 2 aliphatic rings. The van der Waals surface area contributed by atoms with Gasteiger partial charge in [-0.15, -0.1) is 0 Å². The predicted molar refractivity (Wildman–Crippen MR) is 122 cm³/mol. The zero-order valence-corrected chi connectivity index (χ0v) is 18.4. The van der Waals surface area contributed by atoms with Crippen molar-refractivity contribution in [2.75, 3.05) is 43.1 Å². The van der Waals surface area contributed by atoms with Gasteiger partial charge in [-0.05, 0) is 48.4 Å². The lowest BCUT2D eigenvalue weighted by Gasteiger charge is -2.26. The summed E-state index contributed by atoms with van der Waals surface area (Å²) in [6, 6.07) is 13.6. The molecule has 0 spiro atoms. The van der Waals surface area contributed by atoms with Gasteiger partial charge in [-0.1, -0.05) is 18.2 Å². The van der Waals surface area contributed by atoms with Crippen LogP contribution in [0.1, 0.15) is 18.4 Å². The quantitative estimate of drug-likeness (QED) is 0.675. The molecule has 0 aliphatic carbocycles. The number of morpholine rings is 1. The summed E-state index contributed by atoms with van der Waals surface area (Å²) >= 11 is 0. The molecular formula is C23H25N3O5S. The van der Waals surface area contributed by atoms with Gasteiger partial charge in [0.15, 0.2) is 0 Å². The molecule has 0 aromatic heterocycles. The molecule has 2 fully saturated rings. The van der Waals surface area contributed by atoms with E-state index in [1.165, 1.54) is 10.4 Å². The minimum absolute atomic E-state index is 0.0902. The fourth-order valence-electron chi connectivity index (χ4n) is 3.72. The number of ether oxygens (including phenoxy) is 1. The zero-order chi connectivity index (χ0) is 22.6. The van der Waals surface area contributed by atoms with Crippen molar-refractivity contribution < 1.29 is 22.7 Å². The molecular weight excluding hydrogens is 430 g/mol. The van der Waals surface area contributed by atoms with Gasteiger partial charge < -0.3 is 15.0 Å². The van der Waals surface area contributed by atoms with Crippen LogP contribution in [-0.2, 0) is 24.3 Å². The number of hydrogen-bond donors (Lipinski definition) is 1. The molecule has 2 saturated heterocycles. The van der Waals surface area contributed by atoms with E-state index in [0.29, 0.717) is 50.5 Å². The lowest BCUT2D eigenvalue weighted by atomic mass is 10.2. The van der Waals surface area contributed by atoms with Crippen LogP contribution in [0.15, 0.2) is 59.5 Å². The van der Waals surface area contributed by atoms with Gasteiger partial charge in [0.05, 0.1) is 18.1 Å². The maximum atomic E-state index is 12.7. The van der Waals surface area contributed by atoms with Crippen molar-refractivity contribution in [1.29, 1.82) is 0 Å². The number of sulfonamides is 1. The van der Waals surface area contributed by atoms with E-state index in [9.17, 15) is 18.0 Å². The van der Waals surface area contributed by atoms with Gasteiger partial charge in [0, 0.05) is 43.5 Å². The Kier molecular flexibility index (Phi) is 6.69. The van der Waals surface area contributed by atoms with Crippen LogP contribution < -0.4 is 10.2 Å². The van der Waals surface area contributed by atoms with Gasteiger partial charge in [0.1, 0.15) is 0 Å². The minimum atomic E-state index is -3.54. The maximum absolute atomic E-state index is 12.7. The molecule has 168 valence electrons. The van der Waals surface area contributed by atoms with Crippen LogP contribution in [0.2, 0.25) is 0 Å². The van der Waals surface area contributed by atoms with Gasteiger partial charge >= 0.3 is 0 Å². The van der Waals surface area contributed by atoms with Gasteiger partial charge in [-0.3, -0.25) is 9.59 Å². The number of carbonyl (C=O) groups excluding carboxylic acids is 2. The zero-order valence-electron chi connectivity index (χ0n) is 17.6. The lowest BCUT2D eigenvalue weighted by molar-refractivity contribution is -0.117. The highest BCUT2D eigenvalue weighted by Crippen LogP contribution is 2.24. The Bertz CT molecular complexity index is 1120. The van der Waals surface area contributed by atoms with Crippen molar-refractivity contribution in [3.63, 3.8) is 0 Å². The molecule has 0 radical (unpaired) electrons. The third-order valence-corrected chi connectivity index (χ3v) is 7.33. The minimum Gasteiger partial charge on any atom is -0.379 e. The van der Waals surface area contributed by atoms with Crippen LogP contribution in [0.25, 0.3) is 6.08 Å². The lowest BCUT2D eigenvalue weighted by Crippen LogP contribution is -2.40. The maximum Gasteiger partial charge on any atom is 0.248 e. The number of benzene rings is 2. The van der Waals surface area contributed by atoms with Crippen molar-refractivity contribution in [1.82, 2.24) is 4.31 Å². The van der Waals surface area contributed by atoms with Crippen LogP contribution >= 0.6 is 0 Å². The van der Waals surface area contributed by atoms with E-state index in [1.54, 1.807) is 53.4 Å². The topological polar surface area (TPSA) is 96.0 Å². The molecule has 32 heavy (non-hydrogen) atoms. The third kappa shape index (κ3) is 5.07. The number of carbonyl (C=O) groups is 2. The number of hydrogen-bond acceptors (Lipinski definition) is 5. The number of anilines is 2. The Labute approximate surface area is 187 Å². The molecule has 0 atom stereocenters. The molecule has 2 heterocycles. The van der Waals surface area contributed by atoms with Crippen LogP contribution in [0, 0.1) is 0 Å². The second kappa shape index (κ2) is 9.64. The largest absolute Gasteiger partial charge is 0.379 e. The van der Waals surface area contributed by atoms with Crippen molar-refractivity contribution >= 4 is 39.3 Å². The molecule has 8 nitrogen and oxygen atoms in total. The SMILES string of the molecule is O=C(/C=C/c1ccc(S(=O)(=O)N2CCOCC2)cc1)Nc1cccc(N2CCCC2=O)c1. The molecule has 0 unspecified atom stereocenters. The Morgan fingerprint density at radius 3 is 2.47 bits per heavy atom. The smallest absolute Gasteiger partial charge is 0.248 e. The van der Waals surface area contributed by atoms with E-state index in [1.807, 2.05) is 6.07 Å². The number of nitrogens with one attached hydrogen (secondary N) is 1. The van der Waals surface area contributed by atoms with Crippen LogP contribution in [0.5, 0.6) is 0 Å². The van der Waals surface area contributed by atoms with Gasteiger partial charge in [0.25, 0.3) is 0 Å². The Hall–Kier alpha value is -3.01. The van der Waals surface area contributed by atoms with E-state index < -0.39 is 10.0 Å². The molecule has 9 heteroatoms. The molecule has 2 aliphatic heterocycles. The van der Waals surface area contributed by atoms with Gasteiger partial charge in [-0.2, -0.15) is 4.31 Å². The normalized spacial score (nSPS) is 17.8. The third-order valence-electron chi connectivity index (χ3n) is 5.41. The first-order chi connectivity index (χ1) is 15.4. The Morgan fingerprint density at radius 1 is 1.03 bits per heavy atom. The monoisotopic (exact) mass is 455 g/mol. The molecule has 0 bridgehead atoms. The van der Waals surface area contributed by atoms with Crippen LogP contribution in [0.3, 0.4) is 0 Å². The first kappa shape index (κ1) is 22.2. The van der Waals surface area contributed by atoms with E-state index in [4.69, 9.17) is 4.74 Å². The first-order valence-electron chi connectivity index (χ1n) is 10.5. The predicted octanol–water partition coefficient (Wildman–Crippen LogP) is 2.49. The fourth-order valence-corrected chi connectivity index (χ4v) is 5.12. The molecule has 2 aromatic rings. The summed E-state index contributed by atoms with van der Waals surface area (Å²) in [6.45, 7) is 2.17. The van der Waals surface area contributed by atoms with E-state index in [0.717, 1.165) is 12.1 Å². The molecule has 2 aromatic carbocycles. The van der Waals surface area contributed by atoms with Crippen molar-refractivity contribution in [3.8, 4) is 0 Å². The summed E-state index contributed by atoms with van der Waals surface area (Å²) in [5.41, 5.74) is 2.08. The summed E-state index contributed by atoms with van der Waals surface area (Å²) in [4.78, 5) is 26.2. The first-order valence-corrected chi connectivity index (χ1v) is 11.9. The molecule has 2 amide bonds. The highest BCUT2D eigenvalue weighted by Gasteiger charge is 2.26. The fraction of sp³-hybridized carbons (Fsp3) is 0.304. The van der Waals surface area contributed by atoms with E-state index in [2.05, 4.69) is 5.32 Å². The Balaban J connectivity index is 1.38. The average Bonchev–Trinajstić information content (AvgIpc) is 3.24. The van der Waals surface area contributed by atoms with E-state index >= 15 is 0 Å². The van der Waals surface area contributed by atoms with Gasteiger partial charge in [0.2, 0.25) is 21.8 Å². The number of rotatable bonds is 6. The summed E-state index contributed by atoms with van der Waals surface area (Å²) < 4.78 is 32.0. The summed E-state index contributed by atoms with van der Waals surface area (Å²) in [7, 11) is -3.54. The second-order valence-electron chi connectivity index (χ2n) is 7.61. The van der Waals surface area contributed by atoms with Crippen molar-refractivity contribution in [3.05, 3.63) is 60.2 Å². The van der Waals surface area contributed by atoms with Gasteiger partial charge in [-0.25, -0.2) is 8.42 Å². The van der Waals surface area contributed by atoms with Crippen LogP contribution in [0.4, 0.5) is 11.4 Å². The van der Waals surface area contributed by atoms with E-state index in [-0.39, 0.29) is 16.7 Å². The summed E-state index contributed by atoms with van der Waals surface area (Å²) in [5.74, 6) is -0.229. The second-order valence-corrected chi connectivity index (χ2v) is 9.55. The van der Waals surface area contributed by atoms with Crippen molar-refractivity contribution in [2.45, 2.75) is 17.7 Å². The Morgan fingerprint density at radius 2 is 1.78 bits per heavy atom. The number of amides is 2. The molecule has 4 rings (SSSR count). The van der Waals surface area contributed by atoms with Crippen LogP contribution in [-0.4, -0.2) is 57.4 Å².